The Hall–Kier alpha value is -0.530. The lowest BCUT2D eigenvalue weighted by Gasteiger charge is -2.07. The van der Waals surface area contributed by atoms with Crippen molar-refractivity contribution in [2.24, 2.45) is 5.73 Å². The van der Waals surface area contributed by atoms with Gasteiger partial charge in [-0.25, -0.2) is 0 Å². The number of nitrogens with two attached hydrogens (primary N) is 1. The molecule has 0 aromatic heterocycles. The van der Waals surface area contributed by atoms with E-state index in [-0.39, 0.29) is 6.04 Å². The topological polar surface area (TPSA) is 26.0 Å². The van der Waals surface area contributed by atoms with Crippen LogP contribution in [0.1, 0.15) is 24.1 Å². The fourth-order valence-corrected chi connectivity index (χ4v) is 1.27. The first-order valence-electron chi connectivity index (χ1n) is 4.18. The zero-order valence-corrected chi connectivity index (χ0v) is 8.01. The van der Waals surface area contributed by atoms with Gasteiger partial charge < -0.3 is 5.73 Å². The molecule has 0 aliphatic heterocycles. The summed E-state index contributed by atoms with van der Waals surface area (Å²) in [4.78, 5) is 0. The predicted octanol–water partition coefficient (Wildman–Crippen LogP) is 2.49. The van der Waals surface area contributed by atoms with E-state index in [1.54, 1.807) is 0 Å². The maximum atomic E-state index is 5.75. The molecule has 0 aliphatic rings. The van der Waals surface area contributed by atoms with Gasteiger partial charge in [0.15, 0.2) is 0 Å². The van der Waals surface area contributed by atoms with E-state index in [0.29, 0.717) is 5.88 Å². The molecule has 0 bridgehead atoms. The molecule has 1 aromatic carbocycles. The predicted molar refractivity (Wildman–Crippen MR) is 53.5 cm³/mol. The van der Waals surface area contributed by atoms with Gasteiger partial charge in [0.1, 0.15) is 0 Å². The van der Waals surface area contributed by atoms with E-state index < -0.39 is 0 Å². The molecule has 2 N–H and O–H groups in total. The van der Waals surface area contributed by atoms with Crippen molar-refractivity contribution in [3.63, 3.8) is 0 Å². The zero-order valence-electron chi connectivity index (χ0n) is 7.26. The molecule has 1 aromatic rings. The summed E-state index contributed by atoms with van der Waals surface area (Å²) in [6, 6.07) is 8.26. The van der Waals surface area contributed by atoms with Crippen molar-refractivity contribution in [1.29, 1.82) is 0 Å². The molecule has 0 heterocycles. The average molecular weight is 184 g/mol. The van der Waals surface area contributed by atoms with Crippen LogP contribution in [-0.2, 0) is 6.42 Å². The van der Waals surface area contributed by atoms with Crippen molar-refractivity contribution in [3.05, 3.63) is 35.4 Å². The van der Waals surface area contributed by atoms with Gasteiger partial charge in [0.2, 0.25) is 0 Å². The summed E-state index contributed by atoms with van der Waals surface area (Å²) in [5.41, 5.74) is 8.20. The highest BCUT2D eigenvalue weighted by atomic mass is 35.5. The standard InChI is InChI=1S/C10H14ClN/c1-2-8-3-5-9(6-4-8)10(12)7-11/h3-6,10H,2,7,12H2,1H3. The summed E-state index contributed by atoms with van der Waals surface area (Å²) in [6.07, 6.45) is 1.07. The summed E-state index contributed by atoms with van der Waals surface area (Å²) in [5.74, 6) is 0.478. The fourth-order valence-electron chi connectivity index (χ4n) is 1.09. The first-order valence-corrected chi connectivity index (χ1v) is 4.71. The Balaban J connectivity index is 2.77. The van der Waals surface area contributed by atoms with Gasteiger partial charge in [0, 0.05) is 11.9 Å². The SMILES string of the molecule is CCc1ccc(C(N)CCl)cc1. The van der Waals surface area contributed by atoms with Crippen molar-refractivity contribution >= 4 is 11.6 Å². The van der Waals surface area contributed by atoms with E-state index in [4.69, 9.17) is 17.3 Å². The van der Waals surface area contributed by atoms with Gasteiger partial charge >= 0.3 is 0 Å². The first kappa shape index (κ1) is 9.56. The Labute approximate surface area is 78.5 Å². The van der Waals surface area contributed by atoms with Crippen LogP contribution in [0, 0.1) is 0 Å². The number of halogens is 1. The van der Waals surface area contributed by atoms with Crippen LogP contribution < -0.4 is 5.73 Å². The molecule has 66 valence electrons. The van der Waals surface area contributed by atoms with Crippen LogP contribution in [0.4, 0.5) is 0 Å². The second-order valence-electron chi connectivity index (χ2n) is 2.86. The van der Waals surface area contributed by atoms with Crippen molar-refractivity contribution in [3.8, 4) is 0 Å². The molecule has 0 amide bonds. The van der Waals surface area contributed by atoms with Crippen LogP contribution in [0.25, 0.3) is 0 Å². The van der Waals surface area contributed by atoms with Crippen LogP contribution >= 0.6 is 11.6 Å². The van der Waals surface area contributed by atoms with E-state index in [0.717, 1.165) is 12.0 Å². The van der Waals surface area contributed by atoms with Gasteiger partial charge in [-0.2, -0.15) is 0 Å². The summed E-state index contributed by atoms with van der Waals surface area (Å²) in [5, 5.41) is 0. The highest BCUT2D eigenvalue weighted by molar-refractivity contribution is 6.18. The number of hydrogen-bond donors (Lipinski definition) is 1. The van der Waals surface area contributed by atoms with Crippen LogP contribution in [0.15, 0.2) is 24.3 Å². The number of benzene rings is 1. The largest absolute Gasteiger partial charge is 0.323 e. The average Bonchev–Trinajstić information content (AvgIpc) is 2.17. The minimum Gasteiger partial charge on any atom is -0.323 e. The lowest BCUT2D eigenvalue weighted by Crippen LogP contribution is -2.11. The van der Waals surface area contributed by atoms with Crippen molar-refractivity contribution < 1.29 is 0 Å². The number of aryl methyl sites for hydroxylation is 1. The molecule has 1 rings (SSSR count). The molecule has 0 aliphatic carbocycles. The quantitative estimate of drug-likeness (QED) is 0.716. The molecule has 0 saturated carbocycles. The molecule has 1 nitrogen and oxygen atoms in total. The summed E-state index contributed by atoms with van der Waals surface area (Å²) >= 11 is 5.64. The van der Waals surface area contributed by atoms with Gasteiger partial charge in [-0.05, 0) is 17.5 Å². The number of rotatable bonds is 3. The lowest BCUT2D eigenvalue weighted by molar-refractivity contribution is 0.825. The first-order chi connectivity index (χ1) is 5.77. The molecule has 2 heteroatoms. The van der Waals surface area contributed by atoms with E-state index in [1.165, 1.54) is 5.56 Å². The summed E-state index contributed by atoms with van der Waals surface area (Å²) < 4.78 is 0. The highest BCUT2D eigenvalue weighted by Crippen LogP contribution is 2.12. The van der Waals surface area contributed by atoms with Gasteiger partial charge in [-0.3, -0.25) is 0 Å². The van der Waals surface area contributed by atoms with E-state index in [2.05, 4.69) is 19.1 Å². The van der Waals surface area contributed by atoms with Crippen LogP contribution in [-0.4, -0.2) is 5.88 Å². The third kappa shape index (κ3) is 2.23. The minimum atomic E-state index is -0.0300. The zero-order chi connectivity index (χ0) is 8.97. The summed E-state index contributed by atoms with van der Waals surface area (Å²) in [6.45, 7) is 2.14. The van der Waals surface area contributed by atoms with Crippen LogP contribution in [0.3, 0.4) is 0 Å². The Morgan fingerprint density at radius 2 is 1.92 bits per heavy atom. The summed E-state index contributed by atoms with van der Waals surface area (Å²) in [7, 11) is 0. The van der Waals surface area contributed by atoms with Gasteiger partial charge in [-0.1, -0.05) is 31.2 Å². The monoisotopic (exact) mass is 183 g/mol. The third-order valence-corrected chi connectivity index (χ3v) is 2.31. The van der Waals surface area contributed by atoms with E-state index >= 15 is 0 Å². The molecule has 1 atom stereocenters. The van der Waals surface area contributed by atoms with E-state index in [9.17, 15) is 0 Å². The van der Waals surface area contributed by atoms with Crippen LogP contribution in [0.2, 0.25) is 0 Å². The third-order valence-electron chi connectivity index (χ3n) is 1.98. The molecule has 0 fully saturated rings. The second-order valence-corrected chi connectivity index (χ2v) is 3.16. The molecule has 12 heavy (non-hydrogen) atoms. The molecule has 1 unspecified atom stereocenters. The Kier molecular flexibility index (Phi) is 3.57. The highest BCUT2D eigenvalue weighted by Gasteiger charge is 2.02. The normalized spacial score (nSPS) is 12.9. The van der Waals surface area contributed by atoms with Gasteiger partial charge in [0.05, 0.1) is 0 Å². The van der Waals surface area contributed by atoms with Gasteiger partial charge in [-0.15, -0.1) is 11.6 Å². The van der Waals surface area contributed by atoms with Crippen LogP contribution in [0.5, 0.6) is 0 Å². The van der Waals surface area contributed by atoms with Crippen molar-refractivity contribution in [2.75, 3.05) is 5.88 Å². The minimum absolute atomic E-state index is 0.0300. The van der Waals surface area contributed by atoms with E-state index in [1.807, 2.05) is 12.1 Å². The Morgan fingerprint density at radius 1 is 1.33 bits per heavy atom. The molecule has 0 spiro atoms. The second kappa shape index (κ2) is 4.48. The van der Waals surface area contributed by atoms with Gasteiger partial charge in [0.25, 0.3) is 0 Å². The Bertz CT molecular complexity index is 230. The molecular weight excluding hydrogens is 170 g/mol. The molecular formula is C10H14ClN. The smallest absolute Gasteiger partial charge is 0.0432 e. The lowest BCUT2D eigenvalue weighted by atomic mass is 10.1. The fraction of sp³-hybridized carbons (Fsp3) is 0.400. The van der Waals surface area contributed by atoms with Crippen molar-refractivity contribution in [2.45, 2.75) is 19.4 Å². The molecule has 0 saturated heterocycles. The number of hydrogen-bond acceptors (Lipinski definition) is 1. The molecule has 0 radical (unpaired) electrons. The Morgan fingerprint density at radius 3 is 2.33 bits per heavy atom. The maximum absolute atomic E-state index is 5.75. The van der Waals surface area contributed by atoms with Crippen molar-refractivity contribution in [1.82, 2.24) is 0 Å². The number of alkyl halides is 1. The maximum Gasteiger partial charge on any atom is 0.0432 e.